The van der Waals surface area contributed by atoms with Crippen molar-refractivity contribution in [1.29, 1.82) is 5.26 Å². The monoisotopic (exact) mass is 195 g/mol. The van der Waals surface area contributed by atoms with E-state index in [1.807, 2.05) is 6.07 Å². The van der Waals surface area contributed by atoms with Crippen LogP contribution in [0.4, 0.5) is 0 Å². The molecule has 0 radical (unpaired) electrons. The van der Waals surface area contributed by atoms with Gasteiger partial charge in [-0.25, -0.2) is 4.98 Å². The quantitative estimate of drug-likeness (QED) is 0.551. The fraction of sp³-hybridized carbons (Fsp3) is 0. The normalized spacial score (nSPS) is 10.6. The van der Waals surface area contributed by atoms with Gasteiger partial charge in [-0.05, 0) is 12.1 Å². The van der Waals surface area contributed by atoms with E-state index in [2.05, 4.69) is 16.0 Å². The SMILES string of the molecule is N#Cc1nccc2oc3cnccc3c12. The molecule has 0 aliphatic rings. The van der Waals surface area contributed by atoms with Gasteiger partial charge in [-0.3, -0.25) is 4.98 Å². The minimum Gasteiger partial charge on any atom is -0.454 e. The summed E-state index contributed by atoms with van der Waals surface area (Å²) >= 11 is 0. The molecule has 0 saturated carbocycles. The van der Waals surface area contributed by atoms with Crippen LogP contribution < -0.4 is 0 Å². The van der Waals surface area contributed by atoms with E-state index in [0.717, 1.165) is 10.8 Å². The van der Waals surface area contributed by atoms with Crippen molar-refractivity contribution in [1.82, 2.24) is 9.97 Å². The largest absolute Gasteiger partial charge is 0.454 e. The molecule has 0 aliphatic heterocycles. The van der Waals surface area contributed by atoms with Gasteiger partial charge in [-0.15, -0.1) is 0 Å². The maximum absolute atomic E-state index is 8.94. The van der Waals surface area contributed by atoms with Crippen LogP contribution in [-0.2, 0) is 0 Å². The molecule has 3 rings (SSSR count). The van der Waals surface area contributed by atoms with Gasteiger partial charge in [-0.1, -0.05) is 0 Å². The molecule has 0 bridgehead atoms. The molecule has 0 fully saturated rings. The van der Waals surface area contributed by atoms with E-state index in [0.29, 0.717) is 16.9 Å². The molecule has 0 aromatic carbocycles. The van der Waals surface area contributed by atoms with Crippen molar-refractivity contribution in [3.8, 4) is 6.07 Å². The summed E-state index contributed by atoms with van der Waals surface area (Å²) < 4.78 is 5.54. The van der Waals surface area contributed by atoms with E-state index in [1.165, 1.54) is 0 Å². The first-order chi connectivity index (χ1) is 7.40. The first-order valence-electron chi connectivity index (χ1n) is 4.41. The molecule has 0 unspecified atom stereocenters. The van der Waals surface area contributed by atoms with Crippen LogP contribution >= 0.6 is 0 Å². The predicted octanol–water partition coefficient (Wildman–Crippen LogP) is 2.25. The van der Waals surface area contributed by atoms with Gasteiger partial charge in [0.1, 0.15) is 11.7 Å². The van der Waals surface area contributed by atoms with Crippen LogP contribution in [-0.4, -0.2) is 9.97 Å². The van der Waals surface area contributed by atoms with Crippen LogP contribution in [0.2, 0.25) is 0 Å². The fourth-order valence-electron chi connectivity index (χ4n) is 1.66. The molecule has 0 N–H and O–H groups in total. The Morgan fingerprint density at radius 2 is 2.13 bits per heavy atom. The molecule has 0 spiro atoms. The van der Waals surface area contributed by atoms with Crippen molar-refractivity contribution in [3.05, 3.63) is 36.4 Å². The van der Waals surface area contributed by atoms with Gasteiger partial charge in [0.15, 0.2) is 11.3 Å². The molecule has 0 amide bonds. The summed E-state index contributed by atoms with van der Waals surface area (Å²) in [4.78, 5) is 7.97. The summed E-state index contributed by atoms with van der Waals surface area (Å²) in [5.41, 5.74) is 1.74. The van der Waals surface area contributed by atoms with Crippen LogP contribution in [0, 0.1) is 11.3 Å². The van der Waals surface area contributed by atoms with Crippen LogP contribution in [0.5, 0.6) is 0 Å². The lowest BCUT2D eigenvalue weighted by Gasteiger charge is -1.89. The molecule has 0 aliphatic carbocycles. The first kappa shape index (κ1) is 7.94. The number of nitrogens with zero attached hydrogens (tertiary/aromatic N) is 3. The molecule has 4 nitrogen and oxygen atoms in total. The molecule has 70 valence electrons. The summed E-state index contributed by atoms with van der Waals surface area (Å²) in [6.45, 7) is 0. The zero-order chi connectivity index (χ0) is 10.3. The summed E-state index contributed by atoms with van der Waals surface area (Å²) in [6, 6.07) is 5.63. The highest BCUT2D eigenvalue weighted by Crippen LogP contribution is 2.28. The van der Waals surface area contributed by atoms with Crippen LogP contribution in [0.25, 0.3) is 21.9 Å². The average Bonchev–Trinajstić information content (AvgIpc) is 2.67. The van der Waals surface area contributed by atoms with Crippen molar-refractivity contribution in [2.24, 2.45) is 0 Å². The second-order valence-corrected chi connectivity index (χ2v) is 3.12. The Labute approximate surface area is 84.8 Å². The summed E-state index contributed by atoms with van der Waals surface area (Å²) in [5, 5.41) is 10.6. The molecule has 0 saturated heterocycles. The van der Waals surface area contributed by atoms with Gasteiger partial charge < -0.3 is 4.42 Å². The number of aromatic nitrogens is 2. The fourth-order valence-corrected chi connectivity index (χ4v) is 1.66. The maximum atomic E-state index is 8.94. The minimum absolute atomic E-state index is 0.387. The predicted molar refractivity (Wildman–Crippen MR) is 54.0 cm³/mol. The van der Waals surface area contributed by atoms with Gasteiger partial charge in [0.2, 0.25) is 0 Å². The lowest BCUT2D eigenvalue weighted by atomic mass is 10.2. The Hall–Kier alpha value is -2.41. The first-order valence-corrected chi connectivity index (χ1v) is 4.41. The van der Waals surface area contributed by atoms with Crippen LogP contribution in [0.3, 0.4) is 0 Å². The highest BCUT2D eigenvalue weighted by molar-refractivity contribution is 6.06. The number of nitriles is 1. The Bertz CT molecular complexity index is 694. The molecule has 4 heteroatoms. The van der Waals surface area contributed by atoms with Crippen LogP contribution in [0.15, 0.2) is 35.1 Å². The van der Waals surface area contributed by atoms with Gasteiger partial charge >= 0.3 is 0 Å². The molecule has 0 atom stereocenters. The summed E-state index contributed by atoms with van der Waals surface area (Å²) in [6.07, 6.45) is 4.87. The molecular formula is C11H5N3O. The zero-order valence-corrected chi connectivity index (χ0v) is 7.64. The Morgan fingerprint density at radius 3 is 3.00 bits per heavy atom. The number of furan rings is 1. The van der Waals surface area contributed by atoms with Crippen molar-refractivity contribution in [2.45, 2.75) is 0 Å². The Balaban J connectivity index is 2.64. The number of pyridine rings is 2. The number of fused-ring (bicyclic) bond motifs is 3. The highest BCUT2D eigenvalue weighted by atomic mass is 16.3. The van der Waals surface area contributed by atoms with E-state index in [4.69, 9.17) is 9.68 Å². The summed E-state index contributed by atoms with van der Waals surface area (Å²) in [5.74, 6) is 0. The summed E-state index contributed by atoms with van der Waals surface area (Å²) in [7, 11) is 0. The highest BCUT2D eigenvalue weighted by Gasteiger charge is 2.10. The topological polar surface area (TPSA) is 62.7 Å². The average molecular weight is 195 g/mol. The molecule has 3 aromatic heterocycles. The van der Waals surface area contributed by atoms with Gasteiger partial charge in [0.25, 0.3) is 0 Å². The smallest absolute Gasteiger partial charge is 0.153 e. The zero-order valence-electron chi connectivity index (χ0n) is 7.64. The Morgan fingerprint density at radius 1 is 1.20 bits per heavy atom. The van der Waals surface area contributed by atoms with Crippen LogP contribution in [0.1, 0.15) is 5.69 Å². The number of hydrogen-bond donors (Lipinski definition) is 0. The van der Waals surface area contributed by atoms with Crippen molar-refractivity contribution in [3.63, 3.8) is 0 Å². The van der Waals surface area contributed by atoms with E-state index >= 15 is 0 Å². The van der Waals surface area contributed by atoms with Crippen molar-refractivity contribution in [2.75, 3.05) is 0 Å². The van der Waals surface area contributed by atoms with Gasteiger partial charge in [-0.2, -0.15) is 5.26 Å². The standard InChI is InChI=1S/C11H5N3O/c12-5-8-11-7-1-3-13-6-10(7)15-9(11)2-4-14-8/h1-4,6H. The second kappa shape index (κ2) is 2.79. The Kier molecular flexibility index (Phi) is 1.48. The second-order valence-electron chi connectivity index (χ2n) is 3.12. The van der Waals surface area contributed by atoms with E-state index in [-0.39, 0.29) is 0 Å². The molecule has 3 heterocycles. The van der Waals surface area contributed by atoms with E-state index in [1.54, 1.807) is 24.7 Å². The van der Waals surface area contributed by atoms with Crippen molar-refractivity contribution < 1.29 is 4.42 Å². The molecular weight excluding hydrogens is 190 g/mol. The van der Waals surface area contributed by atoms with E-state index in [9.17, 15) is 0 Å². The third kappa shape index (κ3) is 1.00. The maximum Gasteiger partial charge on any atom is 0.153 e. The molecule has 3 aromatic rings. The number of hydrogen-bond acceptors (Lipinski definition) is 4. The third-order valence-electron chi connectivity index (χ3n) is 2.29. The van der Waals surface area contributed by atoms with E-state index < -0.39 is 0 Å². The molecule has 15 heavy (non-hydrogen) atoms. The minimum atomic E-state index is 0.387. The van der Waals surface area contributed by atoms with Gasteiger partial charge in [0.05, 0.1) is 11.6 Å². The lowest BCUT2D eigenvalue weighted by molar-refractivity contribution is 0.666. The van der Waals surface area contributed by atoms with Gasteiger partial charge in [0, 0.05) is 17.8 Å². The van der Waals surface area contributed by atoms with Crippen molar-refractivity contribution >= 4 is 21.9 Å². The number of rotatable bonds is 0. The third-order valence-corrected chi connectivity index (χ3v) is 2.29. The lowest BCUT2D eigenvalue weighted by Crippen LogP contribution is -1.81.